The smallest absolute Gasteiger partial charge is 0.251 e. The monoisotopic (exact) mass is 302 g/mol. The second kappa shape index (κ2) is 7.22. The lowest BCUT2D eigenvalue weighted by Crippen LogP contribution is -2.43. The highest BCUT2D eigenvalue weighted by atomic mass is 16.1. The van der Waals surface area contributed by atoms with Gasteiger partial charge in [-0.25, -0.2) is 0 Å². The summed E-state index contributed by atoms with van der Waals surface area (Å²) in [4.78, 5) is 17.1. The minimum Gasteiger partial charge on any atom is -0.348 e. The largest absolute Gasteiger partial charge is 0.348 e. The molecular weight excluding hydrogens is 276 g/mol. The molecule has 3 rings (SSSR count). The van der Waals surface area contributed by atoms with Crippen molar-refractivity contribution >= 4 is 5.91 Å². The van der Waals surface area contributed by atoms with Gasteiger partial charge in [-0.05, 0) is 37.7 Å². The number of benzene rings is 1. The SMILES string of the molecule is CN1CCN(Cc2cccc(C(=O)NC3CCNC3)c2)CC1. The molecular formula is C17H26N4O. The highest BCUT2D eigenvalue weighted by Crippen LogP contribution is 2.11. The topological polar surface area (TPSA) is 47.6 Å². The number of rotatable bonds is 4. The Balaban J connectivity index is 1.58. The second-order valence-corrected chi connectivity index (χ2v) is 6.44. The maximum absolute atomic E-state index is 12.3. The van der Waals surface area contributed by atoms with Crippen LogP contribution < -0.4 is 10.6 Å². The number of hydrogen-bond acceptors (Lipinski definition) is 4. The van der Waals surface area contributed by atoms with E-state index in [0.29, 0.717) is 0 Å². The first-order chi connectivity index (χ1) is 10.7. The fourth-order valence-corrected chi connectivity index (χ4v) is 3.12. The molecule has 0 bridgehead atoms. The molecule has 0 saturated carbocycles. The fraction of sp³-hybridized carbons (Fsp3) is 0.588. The molecule has 0 radical (unpaired) electrons. The Kier molecular flexibility index (Phi) is 5.08. The minimum absolute atomic E-state index is 0.0499. The number of nitrogens with one attached hydrogen (secondary N) is 2. The van der Waals surface area contributed by atoms with E-state index in [-0.39, 0.29) is 11.9 Å². The Labute approximate surface area is 132 Å². The molecule has 1 aromatic carbocycles. The Morgan fingerprint density at radius 2 is 2.14 bits per heavy atom. The van der Waals surface area contributed by atoms with Crippen molar-refractivity contribution in [2.75, 3.05) is 46.3 Å². The van der Waals surface area contributed by atoms with Gasteiger partial charge >= 0.3 is 0 Å². The average Bonchev–Trinajstić information content (AvgIpc) is 3.03. The molecule has 22 heavy (non-hydrogen) atoms. The summed E-state index contributed by atoms with van der Waals surface area (Å²) in [6.45, 7) is 7.24. The minimum atomic E-state index is 0.0499. The van der Waals surface area contributed by atoms with Crippen molar-refractivity contribution in [3.05, 3.63) is 35.4 Å². The molecule has 2 saturated heterocycles. The number of hydrogen-bond donors (Lipinski definition) is 2. The third kappa shape index (κ3) is 4.06. The molecule has 0 spiro atoms. The van der Waals surface area contributed by atoms with Crippen LogP contribution in [0.15, 0.2) is 24.3 Å². The van der Waals surface area contributed by atoms with E-state index >= 15 is 0 Å². The van der Waals surface area contributed by atoms with E-state index in [2.05, 4.69) is 33.5 Å². The van der Waals surface area contributed by atoms with Crippen molar-refractivity contribution in [1.29, 1.82) is 0 Å². The van der Waals surface area contributed by atoms with Gasteiger partial charge in [0.25, 0.3) is 5.91 Å². The molecule has 1 atom stereocenters. The molecule has 1 amide bonds. The van der Waals surface area contributed by atoms with Gasteiger partial charge in [-0.2, -0.15) is 0 Å². The summed E-state index contributed by atoms with van der Waals surface area (Å²) in [5.74, 6) is 0.0499. The van der Waals surface area contributed by atoms with Crippen molar-refractivity contribution < 1.29 is 4.79 Å². The van der Waals surface area contributed by atoms with Crippen molar-refractivity contribution in [1.82, 2.24) is 20.4 Å². The van der Waals surface area contributed by atoms with Gasteiger partial charge in [-0.3, -0.25) is 9.69 Å². The van der Waals surface area contributed by atoms with E-state index in [1.54, 1.807) is 0 Å². The van der Waals surface area contributed by atoms with E-state index in [4.69, 9.17) is 0 Å². The predicted octanol–water partition coefficient (Wildman–Crippen LogP) is 0.526. The third-order valence-electron chi connectivity index (χ3n) is 4.59. The maximum atomic E-state index is 12.3. The molecule has 2 fully saturated rings. The zero-order chi connectivity index (χ0) is 15.4. The Bertz CT molecular complexity index is 505. The maximum Gasteiger partial charge on any atom is 0.251 e. The second-order valence-electron chi connectivity index (χ2n) is 6.44. The standard InChI is InChI=1S/C17H26N4O/c1-20-7-9-21(10-8-20)13-14-3-2-4-15(11-14)17(22)19-16-5-6-18-12-16/h2-4,11,16,18H,5-10,12-13H2,1H3,(H,19,22). The molecule has 120 valence electrons. The van der Waals surface area contributed by atoms with Gasteiger partial charge in [0, 0.05) is 50.9 Å². The number of carbonyl (C=O) groups is 1. The average molecular weight is 302 g/mol. The molecule has 5 heteroatoms. The van der Waals surface area contributed by atoms with Crippen LogP contribution in [0.2, 0.25) is 0 Å². The van der Waals surface area contributed by atoms with Gasteiger partial charge < -0.3 is 15.5 Å². The summed E-state index contributed by atoms with van der Waals surface area (Å²) in [7, 11) is 2.17. The van der Waals surface area contributed by atoms with Crippen LogP contribution in [0.5, 0.6) is 0 Å². The van der Waals surface area contributed by atoms with Crippen LogP contribution in [0, 0.1) is 0 Å². The highest BCUT2D eigenvalue weighted by Gasteiger charge is 2.18. The van der Waals surface area contributed by atoms with Crippen LogP contribution in [-0.2, 0) is 6.54 Å². The molecule has 1 aromatic rings. The third-order valence-corrected chi connectivity index (χ3v) is 4.59. The summed E-state index contributed by atoms with van der Waals surface area (Å²) in [5, 5.41) is 6.38. The number of carbonyl (C=O) groups excluding carboxylic acids is 1. The van der Waals surface area contributed by atoms with Crippen LogP contribution in [-0.4, -0.2) is 68.1 Å². The number of likely N-dealkylation sites (N-methyl/N-ethyl adjacent to an activating group) is 1. The van der Waals surface area contributed by atoms with E-state index < -0.39 is 0 Å². The summed E-state index contributed by atoms with van der Waals surface area (Å²) in [5.41, 5.74) is 2.00. The molecule has 2 heterocycles. The van der Waals surface area contributed by atoms with Gasteiger partial charge in [0.1, 0.15) is 0 Å². The van der Waals surface area contributed by atoms with Crippen LogP contribution in [0.3, 0.4) is 0 Å². The summed E-state index contributed by atoms with van der Waals surface area (Å²) in [6.07, 6.45) is 1.02. The molecule has 5 nitrogen and oxygen atoms in total. The zero-order valence-electron chi connectivity index (χ0n) is 13.3. The van der Waals surface area contributed by atoms with E-state index in [0.717, 1.165) is 57.8 Å². The Hall–Kier alpha value is -1.43. The Morgan fingerprint density at radius 1 is 1.32 bits per heavy atom. The van der Waals surface area contributed by atoms with Gasteiger partial charge in [-0.1, -0.05) is 12.1 Å². The lowest BCUT2D eigenvalue weighted by molar-refractivity contribution is 0.0939. The number of nitrogens with zero attached hydrogens (tertiary/aromatic N) is 2. The molecule has 0 aromatic heterocycles. The van der Waals surface area contributed by atoms with Gasteiger partial charge in [0.2, 0.25) is 0 Å². The lowest BCUT2D eigenvalue weighted by atomic mass is 10.1. The summed E-state index contributed by atoms with van der Waals surface area (Å²) < 4.78 is 0. The van der Waals surface area contributed by atoms with E-state index in [1.807, 2.05) is 18.2 Å². The first-order valence-corrected chi connectivity index (χ1v) is 8.22. The predicted molar refractivity (Wildman–Crippen MR) is 88.0 cm³/mol. The molecule has 0 aliphatic carbocycles. The quantitative estimate of drug-likeness (QED) is 0.852. The molecule has 2 aliphatic rings. The zero-order valence-corrected chi connectivity index (χ0v) is 13.3. The number of amides is 1. The highest BCUT2D eigenvalue weighted by molar-refractivity contribution is 5.94. The number of piperazine rings is 1. The van der Waals surface area contributed by atoms with Crippen LogP contribution in [0.4, 0.5) is 0 Å². The van der Waals surface area contributed by atoms with Gasteiger partial charge in [0.15, 0.2) is 0 Å². The Morgan fingerprint density at radius 3 is 2.86 bits per heavy atom. The van der Waals surface area contributed by atoms with Crippen molar-refractivity contribution in [2.24, 2.45) is 0 Å². The summed E-state index contributed by atoms with van der Waals surface area (Å²) in [6, 6.07) is 8.33. The molecule has 2 aliphatic heterocycles. The molecule has 1 unspecified atom stereocenters. The van der Waals surface area contributed by atoms with Gasteiger partial charge in [0.05, 0.1) is 0 Å². The first kappa shape index (κ1) is 15.5. The van der Waals surface area contributed by atoms with Crippen molar-refractivity contribution in [3.63, 3.8) is 0 Å². The van der Waals surface area contributed by atoms with E-state index in [9.17, 15) is 4.79 Å². The molecule has 2 N–H and O–H groups in total. The van der Waals surface area contributed by atoms with Crippen LogP contribution >= 0.6 is 0 Å². The van der Waals surface area contributed by atoms with E-state index in [1.165, 1.54) is 5.56 Å². The lowest BCUT2D eigenvalue weighted by Gasteiger charge is -2.32. The first-order valence-electron chi connectivity index (χ1n) is 8.22. The summed E-state index contributed by atoms with van der Waals surface area (Å²) >= 11 is 0. The van der Waals surface area contributed by atoms with Crippen molar-refractivity contribution in [2.45, 2.75) is 19.0 Å². The van der Waals surface area contributed by atoms with Crippen LogP contribution in [0.25, 0.3) is 0 Å². The normalized spacial score (nSPS) is 23.6. The van der Waals surface area contributed by atoms with Gasteiger partial charge in [-0.15, -0.1) is 0 Å². The van der Waals surface area contributed by atoms with Crippen LogP contribution in [0.1, 0.15) is 22.3 Å². The fourth-order valence-electron chi connectivity index (χ4n) is 3.12. The van der Waals surface area contributed by atoms with Crippen molar-refractivity contribution in [3.8, 4) is 0 Å².